The van der Waals surface area contributed by atoms with Gasteiger partial charge >= 0.3 is 0 Å². The Morgan fingerprint density at radius 3 is 2.50 bits per heavy atom. The fourth-order valence-electron chi connectivity index (χ4n) is 0.252. The van der Waals surface area contributed by atoms with Crippen molar-refractivity contribution in [3.8, 4) is 12.3 Å². The molecule has 0 radical (unpaired) electrons. The van der Waals surface area contributed by atoms with E-state index in [0.29, 0.717) is 0 Å². The lowest BCUT2D eigenvalue weighted by Crippen LogP contribution is -1.99. The maximum atomic E-state index is 8.79. The summed E-state index contributed by atoms with van der Waals surface area (Å²) in [6, 6.07) is 0. The Morgan fingerprint density at radius 2 is 2.38 bits per heavy atom. The molecule has 0 aliphatic carbocycles. The van der Waals surface area contributed by atoms with E-state index in [1.54, 1.807) is 19.9 Å². The first-order valence-electron chi connectivity index (χ1n) is 2.49. The summed E-state index contributed by atoms with van der Waals surface area (Å²) >= 11 is 0. The molecule has 0 aliphatic rings. The van der Waals surface area contributed by atoms with E-state index in [2.05, 4.69) is 5.92 Å². The summed E-state index contributed by atoms with van der Waals surface area (Å²) in [6.07, 6.45) is 6.08. The molecule has 1 unspecified atom stereocenters. The zero-order chi connectivity index (χ0) is 6.57. The highest BCUT2D eigenvalue weighted by Gasteiger charge is 1.93. The van der Waals surface area contributed by atoms with Gasteiger partial charge in [0, 0.05) is 0 Å². The van der Waals surface area contributed by atoms with Crippen LogP contribution >= 0.6 is 0 Å². The van der Waals surface area contributed by atoms with E-state index in [4.69, 9.17) is 11.5 Å². The molecule has 0 saturated heterocycles. The Morgan fingerprint density at radius 1 is 1.88 bits per heavy atom. The van der Waals surface area contributed by atoms with Crippen molar-refractivity contribution in [3.05, 3.63) is 11.6 Å². The maximum absolute atomic E-state index is 8.79. The minimum absolute atomic E-state index is 0.411. The lowest BCUT2D eigenvalue weighted by Gasteiger charge is -1.99. The highest BCUT2D eigenvalue weighted by atomic mass is 16.3. The van der Waals surface area contributed by atoms with Crippen molar-refractivity contribution in [2.75, 3.05) is 0 Å². The average molecular weight is 110 g/mol. The SMILES string of the molecule is C#C/C=C(/C)C(C)O. The van der Waals surface area contributed by atoms with Crippen LogP contribution in [0.15, 0.2) is 11.6 Å². The predicted molar refractivity (Wildman–Crippen MR) is 34.3 cm³/mol. The molecule has 0 rings (SSSR count). The second-order valence-electron chi connectivity index (χ2n) is 1.73. The first-order chi connectivity index (χ1) is 3.68. The molecular weight excluding hydrogens is 100 g/mol. The van der Waals surface area contributed by atoms with Crippen LogP contribution in [0.4, 0.5) is 0 Å². The number of aliphatic hydroxyl groups excluding tert-OH is 1. The molecule has 0 bridgehead atoms. The van der Waals surface area contributed by atoms with Crippen molar-refractivity contribution in [2.24, 2.45) is 0 Å². The van der Waals surface area contributed by atoms with Crippen LogP contribution in [0.25, 0.3) is 0 Å². The van der Waals surface area contributed by atoms with Gasteiger partial charge in [0.05, 0.1) is 6.10 Å². The fraction of sp³-hybridized carbons (Fsp3) is 0.429. The molecule has 1 N–H and O–H groups in total. The highest BCUT2D eigenvalue weighted by Crippen LogP contribution is 1.96. The molecule has 0 aromatic rings. The molecule has 0 fully saturated rings. The van der Waals surface area contributed by atoms with Gasteiger partial charge < -0.3 is 5.11 Å². The third kappa shape index (κ3) is 2.44. The summed E-state index contributed by atoms with van der Waals surface area (Å²) < 4.78 is 0. The second-order valence-corrected chi connectivity index (χ2v) is 1.73. The van der Waals surface area contributed by atoms with Crippen LogP contribution in [-0.4, -0.2) is 11.2 Å². The van der Waals surface area contributed by atoms with Gasteiger partial charge in [-0.2, -0.15) is 0 Å². The first kappa shape index (κ1) is 7.26. The minimum Gasteiger partial charge on any atom is -0.389 e. The highest BCUT2D eigenvalue weighted by molar-refractivity contribution is 5.17. The largest absolute Gasteiger partial charge is 0.389 e. The van der Waals surface area contributed by atoms with Crippen LogP contribution in [0, 0.1) is 12.3 Å². The first-order valence-corrected chi connectivity index (χ1v) is 2.49. The van der Waals surface area contributed by atoms with Crippen molar-refractivity contribution >= 4 is 0 Å². The third-order valence-electron chi connectivity index (χ3n) is 0.970. The number of allylic oxidation sites excluding steroid dienone is 1. The van der Waals surface area contributed by atoms with Crippen LogP contribution in [0.3, 0.4) is 0 Å². The van der Waals surface area contributed by atoms with Crippen molar-refractivity contribution in [2.45, 2.75) is 20.0 Å². The smallest absolute Gasteiger partial charge is 0.0728 e. The van der Waals surface area contributed by atoms with Crippen LogP contribution in [0.5, 0.6) is 0 Å². The molecule has 0 aliphatic heterocycles. The predicted octanol–water partition coefficient (Wildman–Crippen LogP) is 0.947. The average Bonchev–Trinajstić information content (AvgIpc) is 1.67. The molecule has 0 heterocycles. The van der Waals surface area contributed by atoms with Gasteiger partial charge in [-0.25, -0.2) is 0 Å². The molecule has 1 heteroatoms. The summed E-state index contributed by atoms with van der Waals surface area (Å²) in [6.45, 7) is 3.48. The molecule has 8 heavy (non-hydrogen) atoms. The molecule has 1 nitrogen and oxygen atoms in total. The molecule has 0 aromatic carbocycles. The summed E-state index contributed by atoms with van der Waals surface area (Å²) in [7, 11) is 0. The third-order valence-corrected chi connectivity index (χ3v) is 0.970. The van der Waals surface area contributed by atoms with Gasteiger partial charge in [-0.05, 0) is 25.5 Å². The summed E-state index contributed by atoms with van der Waals surface area (Å²) in [5, 5.41) is 8.79. The van der Waals surface area contributed by atoms with Gasteiger partial charge in [0.25, 0.3) is 0 Å². The van der Waals surface area contributed by atoms with Gasteiger partial charge in [-0.1, -0.05) is 5.92 Å². The maximum Gasteiger partial charge on any atom is 0.0728 e. The topological polar surface area (TPSA) is 20.2 Å². The van der Waals surface area contributed by atoms with E-state index in [-0.39, 0.29) is 0 Å². The van der Waals surface area contributed by atoms with Gasteiger partial charge in [0.15, 0.2) is 0 Å². The van der Waals surface area contributed by atoms with Crippen molar-refractivity contribution in [1.29, 1.82) is 0 Å². The van der Waals surface area contributed by atoms with Crippen molar-refractivity contribution in [3.63, 3.8) is 0 Å². The zero-order valence-electron chi connectivity index (χ0n) is 5.18. The standard InChI is InChI=1S/C7H10O/c1-4-5-6(2)7(3)8/h1,5,7-8H,2-3H3/b6-5-. The summed E-state index contributed by atoms with van der Waals surface area (Å²) in [5.41, 5.74) is 0.826. The van der Waals surface area contributed by atoms with Crippen LogP contribution in [0.1, 0.15) is 13.8 Å². The van der Waals surface area contributed by atoms with E-state index >= 15 is 0 Å². The number of aliphatic hydroxyl groups is 1. The number of rotatable bonds is 1. The van der Waals surface area contributed by atoms with E-state index in [0.717, 1.165) is 5.57 Å². The lowest BCUT2D eigenvalue weighted by atomic mass is 10.2. The fourth-order valence-corrected chi connectivity index (χ4v) is 0.252. The zero-order valence-corrected chi connectivity index (χ0v) is 5.18. The van der Waals surface area contributed by atoms with Crippen LogP contribution in [-0.2, 0) is 0 Å². The Kier molecular flexibility index (Phi) is 2.98. The Balaban J connectivity index is 3.85. The van der Waals surface area contributed by atoms with Gasteiger partial charge in [0.1, 0.15) is 0 Å². The van der Waals surface area contributed by atoms with E-state index in [1.807, 2.05) is 0 Å². The number of hydrogen-bond donors (Lipinski definition) is 1. The number of hydrogen-bond acceptors (Lipinski definition) is 1. The molecule has 1 atom stereocenters. The van der Waals surface area contributed by atoms with E-state index in [9.17, 15) is 0 Å². The Hall–Kier alpha value is -0.740. The molecular formula is C7H10O. The van der Waals surface area contributed by atoms with Gasteiger partial charge in [-0.3, -0.25) is 0 Å². The minimum atomic E-state index is -0.411. The van der Waals surface area contributed by atoms with Crippen LogP contribution in [0.2, 0.25) is 0 Å². The quantitative estimate of drug-likeness (QED) is 0.498. The summed E-state index contributed by atoms with van der Waals surface area (Å²) in [4.78, 5) is 0. The second kappa shape index (κ2) is 3.29. The molecule has 0 saturated carbocycles. The van der Waals surface area contributed by atoms with Gasteiger partial charge in [-0.15, -0.1) is 6.42 Å². The molecule has 44 valence electrons. The van der Waals surface area contributed by atoms with Crippen LogP contribution < -0.4 is 0 Å². The molecule has 0 spiro atoms. The summed E-state index contributed by atoms with van der Waals surface area (Å²) in [5.74, 6) is 2.33. The molecule has 0 amide bonds. The number of terminal acetylenes is 1. The Labute approximate surface area is 50.0 Å². The van der Waals surface area contributed by atoms with E-state index in [1.165, 1.54) is 0 Å². The monoisotopic (exact) mass is 110 g/mol. The van der Waals surface area contributed by atoms with E-state index < -0.39 is 6.10 Å². The normalized spacial score (nSPS) is 15.0. The Bertz CT molecular complexity index is 126. The van der Waals surface area contributed by atoms with Gasteiger partial charge in [0.2, 0.25) is 0 Å². The van der Waals surface area contributed by atoms with Crippen molar-refractivity contribution < 1.29 is 5.11 Å². The lowest BCUT2D eigenvalue weighted by molar-refractivity contribution is 0.231. The van der Waals surface area contributed by atoms with Crippen molar-refractivity contribution in [1.82, 2.24) is 0 Å². The molecule has 0 aromatic heterocycles.